The Bertz CT molecular complexity index is 675. The lowest BCUT2D eigenvalue weighted by Crippen LogP contribution is -2.44. The van der Waals surface area contributed by atoms with Crippen molar-refractivity contribution in [2.45, 2.75) is 33.6 Å². The van der Waals surface area contributed by atoms with Gasteiger partial charge in [-0.15, -0.1) is 0 Å². The van der Waals surface area contributed by atoms with E-state index in [1.165, 1.54) is 16.7 Å². The number of piperazine rings is 1. The third kappa shape index (κ3) is 3.53. The summed E-state index contributed by atoms with van der Waals surface area (Å²) in [6, 6.07) is 8.60. The number of aromatic nitrogens is 2. The first kappa shape index (κ1) is 15.9. The summed E-state index contributed by atoms with van der Waals surface area (Å²) in [7, 11) is 0. The van der Waals surface area contributed by atoms with Crippen LogP contribution in [0.1, 0.15) is 35.1 Å². The van der Waals surface area contributed by atoms with Crippen molar-refractivity contribution < 1.29 is 0 Å². The van der Waals surface area contributed by atoms with Crippen molar-refractivity contribution >= 4 is 5.82 Å². The first-order valence-corrected chi connectivity index (χ1v) is 8.55. The molecule has 0 radical (unpaired) electrons. The van der Waals surface area contributed by atoms with E-state index < -0.39 is 0 Å². The number of hydrogen-bond donors (Lipinski definition) is 1. The Balaban J connectivity index is 2.01. The smallest absolute Gasteiger partial charge is 0.136 e. The number of nitrogens with zero attached hydrogens (tertiary/aromatic N) is 3. The highest BCUT2D eigenvalue weighted by Gasteiger charge is 2.19. The van der Waals surface area contributed by atoms with Crippen LogP contribution in [0.4, 0.5) is 5.82 Å². The van der Waals surface area contributed by atoms with Crippen LogP contribution in [0.2, 0.25) is 0 Å². The minimum Gasteiger partial charge on any atom is -0.354 e. The number of benzene rings is 1. The lowest BCUT2D eigenvalue weighted by molar-refractivity contribution is 0.581. The van der Waals surface area contributed by atoms with Crippen molar-refractivity contribution in [2.24, 2.45) is 0 Å². The van der Waals surface area contributed by atoms with Crippen LogP contribution in [-0.4, -0.2) is 36.1 Å². The van der Waals surface area contributed by atoms with Gasteiger partial charge in [-0.25, -0.2) is 9.97 Å². The highest BCUT2D eigenvalue weighted by molar-refractivity contribution is 5.52. The van der Waals surface area contributed by atoms with E-state index in [1.54, 1.807) is 0 Å². The monoisotopic (exact) mass is 310 g/mol. The molecule has 1 saturated heterocycles. The van der Waals surface area contributed by atoms with Gasteiger partial charge in [0, 0.05) is 50.3 Å². The van der Waals surface area contributed by atoms with E-state index in [-0.39, 0.29) is 0 Å². The highest BCUT2D eigenvalue weighted by Crippen LogP contribution is 2.25. The van der Waals surface area contributed by atoms with Gasteiger partial charge < -0.3 is 10.2 Å². The fourth-order valence-corrected chi connectivity index (χ4v) is 3.14. The minimum absolute atomic E-state index is 0.880. The van der Waals surface area contributed by atoms with Crippen LogP contribution in [0.25, 0.3) is 0 Å². The Morgan fingerprint density at radius 2 is 1.83 bits per heavy atom. The molecule has 23 heavy (non-hydrogen) atoms. The summed E-state index contributed by atoms with van der Waals surface area (Å²) >= 11 is 0. The number of nitrogens with one attached hydrogen (secondary N) is 1. The summed E-state index contributed by atoms with van der Waals surface area (Å²) in [5.41, 5.74) is 5.09. The molecular formula is C19H26N4. The molecule has 0 amide bonds. The molecule has 0 saturated carbocycles. The summed E-state index contributed by atoms with van der Waals surface area (Å²) in [6.07, 6.45) is 1.78. The zero-order valence-corrected chi connectivity index (χ0v) is 14.4. The van der Waals surface area contributed by atoms with Crippen molar-refractivity contribution in [2.75, 3.05) is 31.1 Å². The molecule has 4 heteroatoms. The summed E-state index contributed by atoms with van der Waals surface area (Å²) in [4.78, 5) is 12.0. The zero-order chi connectivity index (χ0) is 16.2. The van der Waals surface area contributed by atoms with Crippen LogP contribution < -0.4 is 10.2 Å². The lowest BCUT2D eigenvalue weighted by Gasteiger charge is -2.31. The lowest BCUT2D eigenvalue weighted by atomic mass is 9.99. The summed E-state index contributed by atoms with van der Waals surface area (Å²) < 4.78 is 0. The van der Waals surface area contributed by atoms with Crippen LogP contribution in [0.3, 0.4) is 0 Å². The molecule has 1 aliphatic heterocycles. The molecule has 0 spiro atoms. The van der Waals surface area contributed by atoms with Gasteiger partial charge in [-0.1, -0.05) is 31.2 Å². The molecule has 0 unspecified atom stereocenters. The minimum atomic E-state index is 0.880. The Hall–Kier alpha value is -1.94. The van der Waals surface area contributed by atoms with Gasteiger partial charge in [-0.2, -0.15) is 0 Å². The Labute approximate surface area is 139 Å². The van der Waals surface area contributed by atoms with E-state index in [0.29, 0.717) is 0 Å². The van der Waals surface area contributed by atoms with E-state index in [9.17, 15) is 0 Å². The fourth-order valence-electron chi connectivity index (χ4n) is 3.14. The van der Waals surface area contributed by atoms with Crippen molar-refractivity contribution in [3.05, 3.63) is 52.5 Å². The molecule has 3 rings (SSSR count). The van der Waals surface area contributed by atoms with E-state index >= 15 is 0 Å². The first-order chi connectivity index (χ1) is 11.2. The van der Waals surface area contributed by atoms with Gasteiger partial charge in [0.15, 0.2) is 0 Å². The van der Waals surface area contributed by atoms with E-state index in [2.05, 4.69) is 55.3 Å². The molecule has 1 aliphatic rings. The molecule has 4 nitrogen and oxygen atoms in total. The second-order valence-corrected chi connectivity index (χ2v) is 6.22. The molecule has 1 aromatic heterocycles. The molecular weight excluding hydrogens is 284 g/mol. The van der Waals surface area contributed by atoms with Crippen LogP contribution in [0.5, 0.6) is 0 Å². The topological polar surface area (TPSA) is 41.1 Å². The Kier molecular flexibility index (Phi) is 4.91. The van der Waals surface area contributed by atoms with Gasteiger partial charge in [0.2, 0.25) is 0 Å². The number of aryl methyl sites for hydroxylation is 3. The van der Waals surface area contributed by atoms with Crippen LogP contribution in [-0.2, 0) is 12.8 Å². The Morgan fingerprint density at radius 1 is 1.09 bits per heavy atom. The predicted molar refractivity (Wildman–Crippen MR) is 95.2 cm³/mol. The van der Waals surface area contributed by atoms with Gasteiger partial charge in [-0.05, 0) is 25.0 Å². The molecule has 122 valence electrons. The predicted octanol–water partition coefficient (Wildman–Crippen LogP) is 2.66. The molecule has 0 aliphatic carbocycles. The average molecular weight is 310 g/mol. The fraction of sp³-hybridized carbons (Fsp3) is 0.474. The maximum atomic E-state index is 4.89. The third-order valence-corrected chi connectivity index (χ3v) is 4.60. The zero-order valence-electron chi connectivity index (χ0n) is 14.4. The molecule has 0 bridgehead atoms. The molecule has 1 aromatic carbocycles. The van der Waals surface area contributed by atoms with Gasteiger partial charge in [0.25, 0.3) is 0 Å². The second kappa shape index (κ2) is 7.09. The molecule has 0 atom stereocenters. The molecule has 1 N–H and O–H groups in total. The number of rotatable bonds is 4. The standard InChI is InChI=1S/C19H26N4/c1-4-18-21-15(3)17(13-16-8-6-5-7-14(16)2)19(22-18)23-11-9-20-10-12-23/h5-8,20H,4,9-13H2,1-3H3. The molecule has 2 heterocycles. The third-order valence-electron chi connectivity index (χ3n) is 4.60. The quantitative estimate of drug-likeness (QED) is 0.942. The van der Waals surface area contributed by atoms with Gasteiger partial charge >= 0.3 is 0 Å². The van der Waals surface area contributed by atoms with Crippen molar-refractivity contribution in [1.29, 1.82) is 0 Å². The largest absolute Gasteiger partial charge is 0.354 e. The molecule has 1 fully saturated rings. The SMILES string of the molecule is CCc1nc(C)c(Cc2ccccc2C)c(N2CCNCC2)n1. The maximum absolute atomic E-state index is 4.89. The summed E-state index contributed by atoms with van der Waals surface area (Å²) in [6.45, 7) is 10.5. The highest BCUT2D eigenvalue weighted by atomic mass is 15.2. The van der Waals surface area contributed by atoms with E-state index in [4.69, 9.17) is 9.97 Å². The Morgan fingerprint density at radius 3 is 2.52 bits per heavy atom. The van der Waals surface area contributed by atoms with Crippen LogP contribution in [0.15, 0.2) is 24.3 Å². The van der Waals surface area contributed by atoms with E-state index in [0.717, 1.165) is 56.4 Å². The maximum Gasteiger partial charge on any atom is 0.136 e. The van der Waals surface area contributed by atoms with Crippen molar-refractivity contribution in [1.82, 2.24) is 15.3 Å². The molecule has 2 aromatic rings. The summed E-state index contributed by atoms with van der Waals surface area (Å²) in [5.74, 6) is 2.09. The van der Waals surface area contributed by atoms with Gasteiger partial charge in [-0.3, -0.25) is 0 Å². The second-order valence-electron chi connectivity index (χ2n) is 6.22. The van der Waals surface area contributed by atoms with E-state index in [1.807, 2.05) is 0 Å². The summed E-state index contributed by atoms with van der Waals surface area (Å²) in [5, 5.41) is 3.42. The van der Waals surface area contributed by atoms with Crippen molar-refractivity contribution in [3.8, 4) is 0 Å². The van der Waals surface area contributed by atoms with Crippen molar-refractivity contribution in [3.63, 3.8) is 0 Å². The van der Waals surface area contributed by atoms with Gasteiger partial charge in [0.1, 0.15) is 11.6 Å². The average Bonchev–Trinajstić information content (AvgIpc) is 2.59. The van der Waals surface area contributed by atoms with Gasteiger partial charge in [0.05, 0.1) is 0 Å². The number of anilines is 1. The van der Waals surface area contributed by atoms with Crippen LogP contribution in [0, 0.1) is 13.8 Å². The number of hydrogen-bond acceptors (Lipinski definition) is 4. The normalized spacial score (nSPS) is 15.0. The first-order valence-electron chi connectivity index (χ1n) is 8.55. The van der Waals surface area contributed by atoms with Crippen LogP contribution >= 0.6 is 0 Å².